The van der Waals surface area contributed by atoms with Crippen LogP contribution in [0.4, 0.5) is 14.9 Å². The number of carbonyl (C=O) groups excluding carboxylic acids is 1. The van der Waals surface area contributed by atoms with E-state index in [-0.39, 0.29) is 6.10 Å². The van der Waals surface area contributed by atoms with Gasteiger partial charge in [-0.1, -0.05) is 11.3 Å². The average Bonchev–Trinajstić information content (AvgIpc) is 3.45. The first-order valence-electron chi connectivity index (χ1n) is 10.5. The van der Waals surface area contributed by atoms with Gasteiger partial charge in [0.15, 0.2) is 0 Å². The van der Waals surface area contributed by atoms with Crippen LogP contribution in [0.15, 0.2) is 48.9 Å². The second-order valence-electron chi connectivity index (χ2n) is 7.83. The van der Waals surface area contributed by atoms with Crippen molar-refractivity contribution in [1.82, 2.24) is 24.9 Å². The Morgan fingerprint density at radius 3 is 2.75 bits per heavy atom. The van der Waals surface area contributed by atoms with E-state index in [0.29, 0.717) is 29.9 Å². The Morgan fingerprint density at radius 2 is 2.03 bits per heavy atom. The van der Waals surface area contributed by atoms with Crippen molar-refractivity contribution in [2.24, 2.45) is 0 Å². The maximum atomic E-state index is 14.9. The molecule has 0 radical (unpaired) electrons. The molecule has 0 spiro atoms. The largest absolute Gasteiger partial charge is 0.442 e. The van der Waals surface area contributed by atoms with Crippen LogP contribution in [0.3, 0.4) is 0 Å². The van der Waals surface area contributed by atoms with Crippen molar-refractivity contribution >= 4 is 11.8 Å². The second kappa shape index (κ2) is 9.01. The molecule has 0 N–H and O–H groups in total. The smallest absolute Gasteiger partial charge is 0.414 e. The number of anilines is 1. The first-order valence-corrected chi connectivity index (χ1v) is 10.5. The van der Waals surface area contributed by atoms with Gasteiger partial charge in [0.05, 0.1) is 43.9 Å². The van der Waals surface area contributed by atoms with E-state index < -0.39 is 11.9 Å². The van der Waals surface area contributed by atoms with Crippen molar-refractivity contribution in [3.8, 4) is 11.1 Å². The molecule has 0 saturated carbocycles. The van der Waals surface area contributed by atoms with E-state index in [9.17, 15) is 9.18 Å². The number of benzene rings is 1. The van der Waals surface area contributed by atoms with Crippen molar-refractivity contribution in [3.05, 3.63) is 60.4 Å². The first-order chi connectivity index (χ1) is 15.7. The molecular formula is C22H23FN6O3. The van der Waals surface area contributed by atoms with Crippen LogP contribution in [0.2, 0.25) is 0 Å². The molecule has 0 bridgehead atoms. The van der Waals surface area contributed by atoms with E-state index in [4.69, 9.17) is 9.47 Å². The molecule has 32 heavy (non-hydrogen) atoms. The van der Waals surface area contributed by atoms with Gasteiger partial charge in [-0.05, 0) is 24.3 Å². The molecule has 5 rings (SSSR count). The van der Waals surface area contributed by atoms with Gasteiger partial charge < -0.3 is 9.47 Å². The third-order valence-electron chi connectivity index (χ3n) is 5.63. The summed E-state index contributed by atoms with van der Waals surface area (Å²) in [5.41, 5.74) is 2.51. The Kier molecular flexibility index (Phi) is 5.78. The molecule has 2 fully saturated rings. The number of aromatic nitrogens is 4. The summed E-state index contributed by atoms with van der Waals surface area (Å²) < 4.78 is 27.3. The zero-order valence-electron chi connectivity index (χ0n) is 17.4. The summed E-state index contributed by atoms with van der Waals surface area (Å²) in [5.74, 6) is -0.419. The molecule has 0 unspecified atom stereocenters. The topological polar surface area (TPSA) is 85.6 Å². The summed E-state index contributed by atoms with van der Waals surface area (Å²) in [5, 5.41) is 7.63. The van der Waals surface area contributed by atoms with E-state index in [0.717, 1.165) is 38.5 Å². The monoisotopic (exact) mass is 438 g/mol. The third kappa shape index (κ3) is 4.46. The lowest BCUT2D eigenvalue weighted by Gasteiger charge is -2.26. The van der Waals surface area contributed by atoms with E-state index in [1.165, 1.54) is 11.0 Å². The Hall–Kier alpha value is -3.37. The zero-order chi connectivity index (χ0) is 21.9. The van der Waals surface area contributed by atoms with Crippen molar-refractivity contribution in [2.45, 2.75) is 19.2 Å². The molecule has 1 atom stereocenters. The number of hydrogen-bond donors (Lipinski definition) is 0. The summed E-state index contributed by atoms with van der Waals surface area (Å²) in [6.45, 7) is 4.71. The number of ether oxygens (including phenoxy) is 2. The summed E-state index contributed by atoms with van der Waals surface area (Å²) in [7, 11) is 0. The molecule has 166 valence electrons. The highest BCUT2D eigenvalue weighted by Gasteiger charge is 2.33. The lowest BCUT2D eigenvalue weighted by atomic mass is 10.1. The normalized spacial score (nSPS) is 19.3. The zero-order valence-corrected chi connectivity index (χ0v) is 17.4. The third-order valence-corrected chi connectivity index (χ3v) is 5.63. The van der Waals surface area contributed by atoms with Gasteiger partial charge in [0.1, 0.15) is 11.9 Å². The minimum absolute atomic E-state index is 0.315. The molecule has 2 aliphatic heterocycles. The molecule has 2 aliphatic rings. The number of carbonyl (C=O) groups is 1. The van der Waals surface area contributed by atoms with Gasteiger partial charge >= 0.3 is 6.09 Å². The predicted molar refractivity (Wildman–Crippen MR) is 113 cm³/mol. The molecule has 2 saturated heterocycles. The SMILES string of the molecule is O=C1O[C@@H](Cn2ccnn2)CN1c1ccc(-c2ccc(CN3CCOCC3)nc2)c(F)c1. The molecule has 3 aromatic rings. The van der Waals surface area contributed by atoms with Crippen LogP contribution in [0, 0.1) is 5.82 Å². The van der Waals surface area contributed by atoms with Crippen LogP contribution < -0.4 is 4.90 Å². The Balaban J connectivity index is 1.26. The number of rotatable bonds is 6. The summed E-state index contributed by atoms with van der Waals surface area (Å²) in [6, 6.07) is 8.54. The van der Waals surface area contributed by atoms with E-state index in [1.807, 2.05) is 12.1 Å². The Labute approximate surface area is 184 Å². The van der Waals surface area contributed by atoms with Crippen molar-refractivity contribution in [3.63, 3.8) is 0 Å². The molecule has 1 amide bonds. The molecule has 1 aromatic carbocycles. The fraction of sp³-hybridized carbons (Fsp3) is 0.364. The predicted octanol–water partition coefficient (Wildman–Crippen LogP) is 2.34. The summed E-state index contributed by atoms with van der Waals surface area (Å²) in [6.07, 6.45) is 4.07. The van der Waals surface area contributed by atoms with Crippen molar-refractivity contribution < 1.29 is 18.7 Å². The number of amides is 1. The second-order valence-corrected chi connectivity index (χ2v) is 7.83. The van der Waals surface area contributed by atoms with Gasteiger partial charge in [-0.15, -0.1) is 5.10 Å². The van der Waals surface area contributed by atoms with E-state index >= 15 is 0 Å². The van der Waals surface area contributed by atoms with Crippen molar-refractivity contribution in [2.75, 3.05) is 37.7 Å². The molecule has 9 nitrogen and oxygen atoms in total. The van der Waals surface area contributed by atoms with Crippen LogP contribution in [0.25, 0.3) is 11.1 Å². The van der Waals surface area contributed by atoms with Gasteiger partial charge in [-0.3, -0.25) is 14.8 Å². The first kappa shape index (κ1) is 20.5. The summed E-state index contributed by atoms with van der Waals surface area (Å²) >= 11 is 0. The number of hydrogen-bond acceptors (Lipinski definition) is 7. The summed E-state index contributed by atoms with van der Waals surface area (Å²) in [4.78, 5) is 20.5. The van der Waals surface area contributed by atoms with Crippen molar-refractivity contribution in [1.29, 1.82) is 0 Å². The Bertz CT molecular complexity index is 1070. The highest BCUT2D eigenvalue weighted by atomic mass is 19.1. The lowest BCUT2D eigenvalue weighted by molar-refractivity contribution is 0.0336. The standard InChI is InChI=1S/C22H23FN6O3/c23-21-11-18(29-15-19(32-22(29)30)14-28-6-5-25-26-28)3-4-20(21)16-1-2-17(24-12-16)13-27-7-9-31-10-8-27/h1-6,11-12,19H,7-10,13-15H2/t19-/m0/s1. The Morgan fingerprint density at radius 1 is 1.16 bits per heavy atom. The number of pyridine rings is 1. The number of nitrogens with zero attached hydrogens (tertiary/aromatic N) is 6. The number of cyclic esters (lactones) is 1. The van der Waals surface area contributed by atoms with Gasteiger partial charge in [0.25, 0.3) is 0 Å². The van der Waals surface area contributed by atoms with E-state index in [1.54, 1.807) is 35.4 Å². The van der Waals surface area contributed by atoms with Gasteiger partial charge in [0.2, 0.25) is 0 Å². The maximum Gasteiger partial charge on any atom is 0.414 e. The molecule has 10 heteroatoms. The fourth-order valence-corrected chi connectivity index (χ4v) is 3.94. The van der Waals surface area contributed by atoms with Crippen LogP contribution in [0.5, 0.6) is 0 Å². The highest BCUT2D eigenvalue weighted by Crippen LogP contribution is 2.29. The number of morpholine rings is 1. The molecule has 2 aromatic heterocycles. The minimum Gasteiger partial charge on any atom is -0.442 e. The van der Waals surface area contributed by atoms with Crippen LogP contribution in [0.1, 0.15) is 5.69 Å². The van der Waals surface area contributed by atoms with Crippen LogP contribution in [-0.2, 0) is 22.6 Å². The van der Waals surface area contributed by atoms with Gasteiger partial charge in [0, 0.05) is 43.2 Å². The van der Waals surface area contributed by atoms with Crippen LogP contribution >= 0.6 is 0 Å². The molecule has 4 heterocycles. The quantitative estimate of drug-likeness (QED) is 0.584. The molecular weight excluding hydrogens is 415 g/mol. The fourth-order valence-electron chi connectivity index (χ4n) is 3.94. The minimum atomic E-state index is -0.503. The van der Waals surface area contributed by atoms with Gasteiger partial charge in [-0.25, -0.2) is 13.9 Å². The molecule has 0 aliphatic carbocycles. The average molecular weight is 438 g/mol. The lowest BCUT2D eigenvalue weighted by Crippen LogP contribution is -2.35. The van der Waals surface area contributed by atoms with Crippen LogP contribution in [-0.4, -0.2) is 69.9 Å². The van der Waals surface area contributed by atoms with Gasteiger partial charge in [-0.2, -0.15) is 0 Å². The van der Waals surface area contributed by atoms with E-state index in [2.05, 4.69) is 20.2 Å². The highest BCUT2D eigenvalue weighted by molar-refractivity contribution is 5.90. The number of halogens is 1. The maximum absolute atomic E-state index is 14.9.